The van der Waals surface area contributed by atoms with Gasteiger partial charge in [-0.3, -0.25) is 4.79 Å². The third-order valence-electron chi connectivity index (χ3n) is 1.87. The number of rotatable bonds is 3. The Balaban J connectivity index is 2.76. The largest absolute Gasteiger partial charge is 0.324 e. The van der Waals surface area contributed by atoms with Crippen molar-refractivity contribution in [2.24, 2.45) is 10.9 Å². The third kappa shape index (κ3) is 3.25. The number of nitrogens with two attached hydrogens (primary N) is 1. The van der Waals surface area contributed by atoms with Crippen molar-refractivity contribution in [1.29, 1.82) is 0 Å². The van der Waals surface area contributed by atoms with Crippen molar-refractivity contribution in [3.63, 3.8) is 0 Å². The molecule has 5 heteroatoms. The Labute approximate surface area is 93.1 Å². The standard InChI is InChI=1S/C10H12ClN3O/c1-7-3-2-4-8(11)10(7)14-9(15)5-6-13-12/h2-4,6H,5,12H2,1H3,(H,14,15)/b13-6+. The van der Waals surface area contributed by atoms with Crippen molar-refractivity contribution in [3.05, 3.63) is 28.8 Å². The number of nitrogens with one attached hydrogen (secondary N) is 1. The van der Waals surface area contributed by atoms with Gasteiger partial charge in [0.05, 0.1) is 17.1 Å². The number of anilines is 1. The van der Waals surface area contributed by atoms with E-state index in [-0.39, 0.29) is 12.3 Å². The minimum Gasteiger partial charge on any atom is -0.324 e. The van der Waals surface area contributed by atoms with Crippen LogP contribution in [0.15, 0.2) is 23.3 Å². The van der Waals surface area contributed by atoms with Crippen LogP contribution in [0.5, 0.6) is 0 Å². The van der Waals surface area contributed by atoms with Crippen LogP contribution in [-0.2, 0) is 4.79 Å². The molecule has 0 heterocycles. The van der Waals surface area contributed by atoms with Crippen molar-refractivity contribution < 1.29 is 4.79 Å². The Kier molecular flexibility index (Phi) is 4.12. The van der Waals surface area contributed by atoms with Gasteiger partial charge in [-0.1, -0.05) is 23.7 Å². The van der Waals surface area contributed by atoms with Gasteiger partial charge < -0.3 is 11.2 Å². The van der Waals surface area contributed by atoms with Gasteiger partial charge in [0, 0.05) is 6.21 Å². The van der Waals surface area contributed by atoms with Crippen molar-refractivity contribution in [1.82, 2.24) is 0 Å². The van der Waals surface area contributed by atoms with Gasteiger partial charge in [0.25, 0.3) is 0 Å². The van der Waals surface area contributed by atoms with Crippen LogP contribution in [0.3, 0.4) is 0 Å². The Morgan fingerprint density at radius 2 is 2.40 bits per heavy atom. The van der Waals surface area contributed by atoms with E-state index in [1.165, 1.54) is 6.21 Å². The number of benzene rings is 1. The van der Waals surface area contributed by atoms with E-state index in [1.807, 2.05) is 19.1 Å². The number of halogens is 1. The second-order valence-corrected chi connectivity index (χ2v) is 3.42. The maximum Gasteiger partial charge on any atom is 0.229 e. The first-order valence-corrected chi connectivity index (χ1v) is 4.79. The van der Waals surface area contributed by atoms with Crippen LogP contribution >= 0.6 is 11.6 Å². The predicted molar refractivity (Wildman–Crippen MR) is 62.1 cm³/mol. The van der Waals surface area contributed by atoms with E-state index in [4.69, 9.17) is 17.4 Å². The summed E-state index contributed by atoms with van der Waals surface area (Å²) in [6.45, 7) is 1.87. The van der Waals surface area contributed by atoms with Gasteiger partial charge >= 0.3 is 0 Å². The van der Waals surface area contributed by atoms with Gasteiger partial charge in [0.15, 0.2) is 0 Å². The lowest BCUT2D eigenvalue weighted by Gasteiger charge is -2.08. The first kappa shape index (κ1) is 11.5. The molecular weight excluding hydrogens is 214 g/mol. The molecule has 0 aromatic heterocycles. The highest BCUT2D eigenvalue weighted by Crippen LogP contribution is 2.25. The van der Waals surface area contributed by atoms with Crippen molar-refractivity contribution in [3.8, 4) is 0 Å². The average molecular weight is 226 g/mol. The van der Waals surface area contributed by atoms with E-state index in [0.717, 1.165) is 5.56 Å². The van der Waals surface area contributed by atoms with Crippen molar-refractivity contribution in [2.45, 2.75) is 13.3 Å². The summed E-state index contributed by atoms with van der Waals surface area (Å²) in [5.74, 6) is 4.70. The zero-order chi connectivity index (χ0) is 11.3. The van der Waals surface area contributed by atoms with Gasteiger partial charge in [-0.25, -0.2) is 0 Å². The summed E-state index contributed by atoms with van der Waals surface area (Å²) in [6.07, 6.45) is 1.47. The second-order valence-electron chi connectivity index (χ2n) is 3.02. The van der Waals surface area contributed by atoms with E-state index in [9.17, 15) is 4.79 Å². The van der Waals surface area contributed by atoms with Crippen LogP contribution in [0.2, 0.25) is 5.02 Å². The molecule has 0 radical (unpaired) electrons. The molecule has 1 aromatic rings. The summed E-state index contributed by atoms with van der Waals surface area (Å²) in [7, 11) is 0. The molecule has 1 amide bonds. The fraction of sp³-hybridized carbons (Fsp3) is 0.200. The van der Waals surface area contributed by atoms with Gasteiger partial charge in [-0.2, -0.15) is 5.10 Å². The summed E-state index contributed by atoms with van der Waals surface area (Å²) in [6, 6.07) is 5.42. The monoisotopic (exact) mass is 225 g/mol. The fourth-order valence-corrected chi connectivity index (χ4v) is 1.39. The van der Waals surface area contributed by atoms with Gasteiger partial charge in [0.1, 0.15) is 0 Å². The fourth-order valence-electron chi connectivity index (χ4n) is 1.12. The smallest absolute Gasteiger partial charge is 0.229 e. The molecule has 3 N–H and O–H groups in total. The molecule has 0 aliphatic carbocycles. The zero-order valence-corrected chi connectivity index (χ0v) is 9.08. The Bertz CT molecular complexity index is 370. The topological polar surface area (TPSA) is 67.5 Å². The maximum atomic E-state index is 11.4. The lowest BCUT2D eigenvalue weighted by atomic mass is 10.2. The minimum atomic E-state index is -0.194. The van der Waals surface area contributed by atoms with Crippen molar-refractivity contribution >= 4 is 29.4 Å². The maximum absolute atomic E-state index is 11.4. The quantitative estimate of drug-likeness (QED) is 0.469. The molecule has 0 unspecified atom stereocenters. The van der Waals surface area contributed by atoms with E-state index < -0.39 is 0 Å². The van der Waals surface area contributed by atoms with Gasteiger partial charge in [0.2, 0.25) is 5.91 Å². The number of aryl methyl sites for hydroxylation is 1. The number of hydrogen-bond acceptors (Lipinski definition) is 3. The summed E-state index contributed by atoms with van der Waals surface area (Å²) in [5, 5.41) is 6.46. The molecule has 0 atom stereocenters. The van der Waals surface area contributed by atoms with E-state index in [1.54, 1.807) is 6.07 Å². The summed E-state index contributed by atoms with van der Waals surface area (Å²) < 4.78 is 0. The SMILES string of the molecule is Cc1cccc(Cl)c1NC(=O)C/C=N/N. The molecule has 15 heavy (non-hydrogen) atoms. The van der Waals surface area contributed by atoms with Crippen LogP contribution < -0.4 is 11.2 Å². The van der Waals surface area contributed by atoms with E-state index >= 15 is 0 Å². The molecule has 0 saturated heterocycles. The minimum absolute atomic E-state index is 0.140. The highest BCUT2D eigenvalue weighted by atomic mass is 35.5. The average Bonchev–Trinajstić information content (AvgIpc) is 2.21. The number of hydrazone groups is 1. The zero-order valence-electron chi connectivity index (χ0n) is 8.33. The molecule has 80 valence electrons. The van der Waals surface area contributed by atoms with Crippen LogP contribution in [0.1, 0.15) is 12.0 Å². The lowest BCUT2D eigenvalue weighted by Crippen LogP contribution is -2.13. The number of para-hydroxylation sites is 1. The van der Waals surface area contributed by atoms with Crippen LogP contribution in [-0.4, -0.2) is 12.1 Å². The number of nitrogens with zero attached hydrogens (tertiary/aromatic N) is 1. The summed E-state index contributed by atoms with van der Waals surface area (Å²) >= 11 is 5.93. The first-order chi connectivity index (χ1) is 7.15. The normalized spacial score (nSPS) is 10.5. The molecule has 0 spiro atoms. The number of carbonyl (C=O) groups excluding carboxylic acids is 1. The summed E-state index contributed by atoms with van der Waals surface area (Å²) in [4.78, 5) is 11.4. The van der Waals surface area contributed by atoms with Crippen LogP contribution in [0.4, 0.5) is 5.69 Å². The third-order valence-corrected chi connectivity index (χ3v) is 2.18. The van der Waals surface area contributed by atoms with Crippen LogP contribution in [0.25, 0.3) is 0 Å². The van der Waals surface area contributed by atoms with Gasteiger partial charge in [-0.05, 0) is 18.6 Å². The molecule has 1 rings (SSSR count). The number of carbonyl (C=O) groups is 1. The first-order valence-electron chi connectivity index (χ1n) is 4.42. The molecule has 0 fully saturated rings. The number of amides is 1. The number of hydrogen-bond donors (Lipinski definition) is 2. The van der Waals surface area contributed by atoms with Gasteiger partial charge in [-0.15, -0.1) is 0 Å². The predicted octanol–water partition coefficient (Wildman–Crippen LogP) is 1.92. The van der Waals surface area contributed by atoms with Crippen LogP contribution in [0, 0.1) is 6.92 Å². The molecule has 0 aliphatic heterocycles. The summed E-state index contributed by atoms with van der Waals surface area (Å²) in [5.41, 5.74) is 1.55. The highest BCUT2D eigenvalue weighted by Gasteiger charge is 2.06. The molecule has 0 bridgehead atoms. The lowest BCUT2D eigenvalue weighted by molar-refractivity contribution is -0.115. The molecule has 0 aliphatic rings. The van der Waals surface area contributed by atoms with E-state index in [0.29, 0.717) is 10.7 Å². The van der Waals surface area contributed by atoms with E-state index in [2.05, 4.69) is 10.4 Å². The molecular formula is C10H12ClN3O. The molecule has 1 aromatic carbocycles. The highest BCUT2D eigenvalue weighted by molar-refractivity contribution is 6.34. The Hall–Kier alpha value is -1.55. The van der Waals surface area contributed by atoms with Crippen molar-refractivity contribution in [2.75, 3.05) is 5.32 Å². The molecule has 0 saturated carbocycles. The Morgan fingerprint density at radius 1 is 1.67 bits per heavy atom. The second kappa shape index (κ2) is 5.36. The molecule has 4 nitrogen and oxygen atoms in total. The Morgan fingerprint density at radius 3 is 3.00 bits per heavy atom.